The Morgan fingerprint density at radius 2 is 1.68 bits per heavy atom. The summed E-state index contributed by atoms with van der Waals surface area (Å²) < 4.78 is 0. The van der Waals surface area contributed by atoms with E-state index in [4.69, 9.17) is 7.85 Å². The average Bonchev–Trinajstić information content (AvgIpc) is 2.50. The fraction of sp³-hybridized carbons (Fsp3) is 0.950. The van der Waals surface area contributed by atoms with E-state index in [1.54, 1.807) is 0 Å². The van der Waals surface area contributed by atoms with E-state index in [-0.39, 0.29) is 28.8 Å². The van der Waals surface area contributed by atoms with Crippen molar-refractivity contribution in [2.75, 3.05) is 19.6 Å². The number of nitrogens with zero attached hydrogens (tertiary/aromatic N) is 1. The van der Waals surface area contributed by atoms with E-state index >= 15 is 0 Å². The van der Waals surface area contributed by atoms with Gasteiger partial charge in [-0.2, -0.15) is 0 Å². The van der Waals surface area contributed by atoms with Crippen LogP contribution in [0.4, 0.5) is 0 Å². The highest BCUT2D eigenvalue weighted by molar-refractivity contribution is 6.14. The molecular weight excluding hydrogens is 311 g/mol. The van der Waals surface area contributed by atoms with Gasteiger partial charge >= 0.3 is 0 Å². The number of carbonyl (C=O) groups excluding carboxylic acids is 1. The van der Waals surface area contributed by atoms with Gasteiger partial charge in [-0.05, 0) is 64.0 Å². The van der Waals surface area contributed by atoms with E-state index in [0.717, 1.165) is 51.7 Å². The van der Waals surface area contributed by atoms with Gasteiger partial charge in [0.15, 0.2) is 0 Å². The monoisotopic (exact) mass is 350 g/mol. The average molecular weight is 350 g/mol. The lowest BCUT2D eigenvalue weighted by atomic mass is 9.65. The van der Waals surface area contributed by atoms with Crippen molar-refractivity contribution in [2.45, 2.75) is 84.2 Å². The lowest BCUT2D eigenvalue weighted by Crippen LogP contribution is -2.50. The summed E-state index contributed by atoms with van der Waals surface area (Å²) in [4.78, 5) is 13.0. The molecule has 0 saturated carbocycles. The Kier molecular flexibility index (Phi) is 8.47. The molecule has 1 heterocycles. The zero-order chi connectivity index (χ0) is 19.3. The molecule has 0 aromatic carbocycles. The van der Waals surface area contributed by atoms with Crippen molar-refractivity contribution in [3.8, 4) is 0 Å². The van der Waals surface area contributed by atoms with E-state index < -0.39 is 0 Å². The Bertz CT molecular complexity index is 401. The van der Waals surface area contributed by atoms with Crippen LogP contribution >= 0.6 is 0 Å². The molecule has 1 fully saturated rings. The van der Waals surface area contributed by atoms with Crippen molar-refractivity contribution in [3.63, 3.8) is 0 Å². The summed E-state index contributed by atoms with van der Waals surface area (Å²) in [7, 11) is 6.12. The van der Waals surface area contributed by atoms with Gasteiger partial charge < -0.3 is 10.4 Å². The molecule has 4 nitrogen and oxygen atoms in total. The first-order valence-electron chi connectivity index (χ1n) is 9.85. The predicted octanol–water partition coefficient (Wildman–Crippen LogP) is 3.00. The highest BCUT2D eigenvalue weighted by Gasteiger charge is 2.35. The van der Waals surface area contributed by atoms with Crippen LogP contribution in [0.2, 0.25) is 5.31 Å². The molecule has 0 aromatic heterocycles. The minimum Gasteiger partial charge on any atom is -0.393 e. The minimum atomic E-state index is -0.323. The van der Waals surface area contributed by atoms with Crippen LogP contribution in [-0.4, -0.2) is 55.5 Å². The number of carbonyl (C=O) groups is 1. The van der Waals surface area contributed by atoms with Crippen molar-refractivity contribution in [3.05, 3.63) is 0 Å². The predicted molar refractivity (Wildman–Crippen MR) is 106 cm³/mol. The van der Waals surface area contributed by atoms with E-state index in [1.807, 2.05) is 13.8 Å². The summed E-state index contributed by atoms with van der Waals surface area (Å²) in [5, 5.41) is 13.3. The molecule has 25 heavy (non-hydrogen) atoms. The number of amides is 1. The molecule has 1 rings (SSSR count). The maximum atomic E-state index is 10.7. The molecule has 0 bridgehead atoms. The summed E-state index contributed by atoms with van der Waals surface area (Å²) in [6.45, 7) is 15.8. The third-order valence-corrected chi connectivity index (χ3v) is 5.80. The lowest BCUT2D eigenvalue weighted by Gasteiger charge is -2.45. The van der Waals surface area contributed by atoms with Crippen molar-refractivity contribution < 1.29 is 9.90 Å². The van der Waals surface area contributed by atoms with Crippen molar-refractivity contribution in [1.29, 1.82) is 0 Å². The number of piperidine rings is 1. The van der Waals surface area contributed by atoms with Crippen LogP contribution in [0.1, 0.15) is 67.2 Å². The molecule has 1 amide bonds. The summed E-state index contributed by atoms with van der Waals surface area (Å²) in [5.74, 6) is 1.03. The van der Waals surface area contributed by atoms with Crippen LogP contribution < -0.4 is 5.32 Å². The number of hydrogen-bond acceptors (Lipinski definition) is 3. The second-order valence-electron chi connectivity index (χ2n) is 9.61. The van der Waals surface area contributed by atoms with Crippen molar-refractivity contribution in [2.24, 2.45) is 17.8 Å². The van der Waals surface area contributed by atoms with Gasteiger partial charge in [-0.1, -0.05) is 39.4 Å². The Balaban J connectivity index is 2.52. The molecule has 0 spiro atoms. The molecule has 1 saturated heterocycles. The second-order valence-corrected chi connectivity index (χ2v) is 9.61. The standard InChI is InChI=1S/C20H39BN2O2/c1-15(11-19(3,4)21)18(25)16(2)12-20(5,6)23-9-7-17(8-10-23)13-22-14-24/h14-18,25H,7-13H2,1-6H3,(H,22,24). The van der Waals surface area contributed by atoms with Gasteiger partial charge in [0, 0.05) is 12.1 Å². The lowest BCUT2D eigenvalue weighted by molar-refractivity contribution is -0.109. The summed E-state index contributed by atoms with van der Waals surface area (Å²) in [5.41, 5.74) is 0.0708. The third kappa shape index (κ3) is 7.70. The molecule has 2 N–H and O–H groups in total. The number of likely N-dealkylation sites (tertiary alicyclic amines) is 1. The molecule has 144 valence electrons. The smallest absolute Gasteiger partial charge is 0.207 e. The van der Waals surface area contributed by atoms with Crippen LogP contribution in [0.3, 0.4) is 0 Å². The molecule has 0 aliphatic carbocycles. The fourth-order valence-electron chi connectivity index (χ4n) is 4.51. The summed E-state index contributed by atoms with van der Waals surface area (Å²) in [6, 6.07) is 0. The Labute approximate surface area is 156 Å². The molecule has 3 unspecified atom stereocenters. The van der Waals surface area contributed by atoms with Crippen LogP contribution in [0.25, 0.3) is 0 Å². The first-order valence-corrected chi connectivity index (χ1v) is 9.85. The normalized spacial score (nSPS) is 21.6. The zero-order valence-electron chi connectivity index (χ0n) is 17.2. The number of aliphatic hydroxyl groups excluding tert-OH is 1. The molecule has 2 radical (unpaired) electrons. The molecular formula is C20H39BN2O2. The van der Waals surface area contributed by atoms with Crippen LogP contribution in [-0.2, 0) is 4.79 Å². The SMILES string of the molecule is [B]C(C)(C)CC(C)C(O)C(C)CC(C)(C)N1CCC(CNC=O)CC1. The number of hydrogen-bond donors (Lipinski definition) is 2. The number of nitrogens with one attached hydrogen (secondary N) is 1. The van der Waals surface area contributed by atoms with Crippen LogP contribution in [0.15, 0.2) is 0 Å². The van der Waals surface area contributed by atoms with E-state index in [2.05, 4.69) is 37.9 Å². The Morgan fingerprint density at radius 3 is 2.16 bits per heavy atom. The number of aliphatic hydroxyl groups is 1. The fourth-order valence-corrected chi connectivity index (χ4v) is 4.51. The molecule has 1 aliphatic heterocycles. The quantitative estimate of drug-likeness (QED) is 0.470. The van der Waals surface area contributed by atoms with E-state index in [1.165, 1.54) is 0 Å². The van der Waals surface area contributed by atoms with Crippen molar-refractivity contribution in [1.82, 2.24) is 10.2 Å². The van der Waals surface area contributed by atoms with E-state index in [0.29, 0.717) is 5.92 Å². The van der Waals surface area contributed by atoms with Crippen LogP contribution in [0, 0.1) is 17.8 Å². The van der Waals surface area contributed by atoms with Gasteiger partial charge in [0.1, 0.15) is 0 Å². The third-order valence-electron chi connectivity index (χ3n) is 5.80. The molecule has 5 heteroatoms. The molecule has 1 aliphatic rings. The summed E-state index contributed by atoms with van der Waals surface area (Å²) >= 11 is 0. The Hall–Kier alpha value is -0.545. The van der Waals surface area contributed by atoms with E-state index in [9.17, 15) is 9.90 Å². The first kappa shape index (κ1) is 22.5. The highest BCUT2D eigenvalue weighted by atomic mass is 16.3. The van der Waals surface area contributed by atoms with Gasteiger partial charge in [-0.15, -0.1) is 0 Å². The molecule has 3 atom stereocenters. The molecule has 0 aromatic rings. The second kappa shape index (κ2) is 9.41. The minimum absolute atomic E-state index is 0.0708. The maximum Gasteiger partial charge on any atom is 0.207 e. The largest absolute Gasteiger partial charge is 0.393 e. The Morgan fingerprint density at radius 1 is 1.16 bits per heavy atom. The summed E-state index contributed by atoms with van der Waals surface area (Å²) in [6.07, 6.45) is 4.52. The topological polar surface area (TPSA) is 52.6 Å². The number of rotatable bonds is 10. The maximum absolute atomic E-state index is 10.7. The van der Waals surface area contributed by atoms with Gasteiger partial charge in [0.2, 0.25) is 6.41 Å². The zero-order valence-corrected chi connectivity index (χ0v) is 17.2. The van der Waals surface area contributed by atoms with Gasteiger partial charge in [0.05, 0.1) is 14.0 Å². The van der Waals surface area contributed by atoms with Crippen LogP contribution in [0.5, 0.6) is 0 Å². The van der Waals surface area contributed by atoms with Gasteiger partial charge in [-0.3, -0.25) is 9.69 Å². The first-order chi connectivity index (χ1) is 11.5. The van der Waals surface area contributed by atoms with Crippen molar-refractivity contribution >= 4 is 14.3 Å². The highest BCUT2D eigenvalue weighted by Crippen LogP contribution is 2.35. The van der Waals surface area contributed by atoms with Gasteiger partial charge in [0.25, 0.3) is 0 Å². The van der Waals surface area contributed by atoms with Gasteiger partial charge in [-0.25, -0.2) is 0 Å².